The fraction of sp³-hybridized carbons (Fsp3) is 0.250. The number of hydrogen-bond acceptors (Lipinski definition) is 3. The van der Waals surface area contributed by atoms with Crippen molar-refractivity contribution in [2.45, 2.75) is 11.9 Å². The molecule has 0 fully saturated rings. The van der Waals surface area contributed by atoms with Gasteiger partial charge < -0.3 is 0 Å². The standard InChI is InChI=1S/C8H8ClNOS/c1-2-12-8-6(7(9)11)4-3-5-10-8/h3-5H,2H2,1H3. The van der Waals surface area contributed by atoms with Gasteiger partial charge >= 0.3 is 0 Å². The summed E-state index contributed by atoms with van der Waals surface area (Å²) in [5.41, 5.74) is 0.492. The molecular formula is C8H8ClNOS. The van der Waals surface area contributed by atoms with E-state index in [1.165, 1.54) is 11.8 Å². The summed E-state index contributed by atoms with van der Waals surface area (Å²) in [7, 11) is 0. The maximum atomic E-state index is 10.9. The Balaban J connectivity index is 3.00. The third-order valence-electron chi connectivity index (χ3n) is 1.26. The average Bonchev–Trinajstić information content (AvgIpc) is 2.05. The maximum Gasteiger partial charge on any atom is 0.255 e. The van der Waals surface area contributed by atoms with E-state index in [0.29, 0.717) is 10.6 Å². The molecule has 1 aromatic heterocycles. The molecule has 1 rings (SSSR count). The summed E-state index contributed by atoms with van der Waals surface area (Å²) < 4.78 is 0. The molecule has 0 aliphatic rings. The highest BCUT2D eigenvalue weighted by Gasteiger charge is 2.08. The normalized spacial score (nSPS) is 9.83. The van der Waals surface area contributed by atoms with Gasteiger partial charge in [-0.15, -0.1) is 11.8 Å². The highest BCUT2D eigenvalue weighted by molar-refractivity contribution is 7.99. The van der Waals surface area contributed by atoms with Gasteiger partial charge in [0.2, 0.25) is 0 Å². The van der Waals surface area contributed by atoms with Crippen molar-refractivity contribution in [1.29, 1.82) is 0 Å². The van der Waals surface area contributed by atoms with Crippen LogP contribution < -0.4 is 0 Å². The number of rotatable bonds is 3. The van der Waals surface area contributed by atoms with Crippen LogP contribution in [0.4, 0.5) is 0 Å². The van der Waals surface area contributed by atoms with E-state index in [0.717, 1.165) is 5.75 Å². The van der Waals surface area contributed by atoms with Gasteiger partial charge in [-0.05, 0) is 29.5 Å². The minimum atomic E-state index is -0.445. The number of carbonyl (C=O) groups is 1. The number of aromatic nitrogens is 1. The first-order chi connectivity index (χ1) is 5.75. The third kappa shape index (κ3) is 2.22. The van der Waals surface area contributed by atoms with Crippen LogP contribution in [-0.2, 0) is 0 Å². The quantitative estimate of drug-likeness (QED) is 0.556. The molecule has 0 aliphatic heterocycles. The first-order valence-corrected chi connectivity index (χ1v) is 4.89. The van der Waals surface area contributed by atoms with E-state index in [4.69, 9.17) is 11.6 Å². The van der Waals surface area contributed by atoms with E-state index in [1.54, 1.807) is 18.3 Å². The van der Waals surface area contributed by atoms with Crippen molar-refractivity contribution >= 4 is 28.6 Å². The maximum absolute atomic E-state index is 10.9. The van der Waals surface area contributed by atoms with E-state index >= 15 is 0 Å². The Labute approximate surface area is 80.3 Å². The number of hydrogen-bond donors (Lipinski definition) is 0. The molecule has 0 radical (unpaired) electrons. The minimum Gasteiger partial charge on any atom is -0.276 e. The van der Waals surface area contributed by atoms with Crippen molar-refractivity contribution in [3.63, 3.8) is 0 Å². The molecule has 0 saturated carbocycles. The van der Waals surface area contributed by atoms with Crippen LogP contribution in [0.5, 0.6) is 0 Å². The summed E-state index contributed by atoms with van der Waals surface area (Å²) in [6, 6.07) is 3.38. The SMILES string of the molecule is CCSc1ncccc1C(=O)Cl. The molecule has 2 nitrogen and oxygen atoms in total. The van der Waals surface area contributed by atoms with Crippen molar-refractivity contribution in [2.24, 2.45) is 0 Å². The van der Waals surface area contributed by atoms with Crippen LogP contribution >= 0.6 is 23.4 Å². The Morgan fingerprint density at radius 2 is 2.50 bits per heavy atom. The monoisotopic (exact) mass is 201 g/mol. The second-order valence-corrected chi connectivity index (χ2v) is 3.66. The molecule has 4 heteroatoms. The molecule has 0 aliphatic carbocycles. The van der Waals surface area contributed by atoms with Crippen LogP contribution in [0.1, 0.15) is 17.3 Å². The van der Waals surface area contributed by atoms with E-state index in [1.807, 2.05) is 6.92 Å². The zero-order valence-electron chi connectivity index (χ0n) is 6.58. The second-order valence-electron chi connectivity index (χ2n) is 2.06. The van der Waals surface area contributed by atoms with Crippen molar-refractivity contribution in [1.82, 2.24) is 4.98 Å². The van der Waals surface area contributed by atoms with Crippen LogP contribution in [0.2, 0.25) is 0 Å². The molecule has 0 amide bonds. The van der Waals surface area contributed by atoms with Gasteiger partial charge in [-0.2, -0.15) is 0 Å². The molecule has 0 N–H and O–H groups in total. The summed E-state index contributed by atoms with van der Waals surface area (Å²) in [5.74, 6) is 0.883. The Morgan fingerprint density at radius 3 is 3.08 bits per heavy atom. The van der Waals surface area contributed by atoms with Gasteiger partial charge in [0, 0.05) is 6.20 Å². The lowest BCUT2D eigenvalue weighted by molar-refractivity contribution is 0.107. The average molecular weight is 202 g/mol. The molecule has 1 aromatic rings. The lowest BCUT2D eigenvalue weighted by Gasteiger charge is -2.00. The second kappa shape index (κ2) is 4.48. The lowest BCUT2D eigenvalue weighted by Crippen LogP contribution is -1.94. The van der Waals surface area contributed by atoms with Gasteiger partial charge in [-0.25, -0.2) is 4.98 Å². The molecule has 0 bridgehead atoms. The van der Waals surface area contributed by atoms with Crippen molar-refractivity contribution in [3.05, 3.63) is 23.9 Å². The Kier molecular flexibility index (Phi) is 3.56. The molecular weight excluding hydrogens is 194 g/mol. The van der Waals surface area contributed by atoms with Crippen molar-refractivity contribution in [3.8, 4) is 0 Å². The fourth-order valence-electron chi connectivity index (χ4n) is 0.792. The van der Waals surface area contributed by atoms with E-state index in [2.05, 4.69) is 4.98 Å². The Hall–Kier alpha value is -0.540. The fourth-order valence-corrected chi connectivity index (χ4v) is 1.73. The first-order valence-electron chi connectivity index (χ1n) is 3.53. The van der Waals surface area contributed by atoms with Crippen molar-refractivity contribution in [2.75, 3.05) is 5.75 Å². The Bertz CT molecular complexity index is 290. The van der Waals surface area contributed by atoms with Crippen LogP contribution in [0.15, 0.2) is 23.4 Å². The largest absolute Gasteiger partial charge is 0.276 e. The molecule has 1 heterocycles. The lowest BCUT2D eigenvalue weighted by atomic mass is 10.3. The topological polar surface area (TPSA) is 30.0 Å². The van der Waals surface area contributed by atoms with Crippen LogP contribution in [0.25, 0.3) is 0 Å². The smallest absolute Gasteiger partial charge is 0.255 e. The van der Waals surface area contributed by atoms with Crippen molar-refractivity contribution < 1.29 is 4.79 Å². The van der Waals surface area contributed by atoms with Gasteiger partial charge in [0.05, 0.1) is 5.56 Å². The molecule has 0 atom stereocenters. The first kappa shape index (κ1) is 9.55. The molecule has 12 heavy (non-hydrogen) atoms. The highest BCUT2D eigenvalue weighted by Crippen LogP contribution is 2.20. The molecule has 64 valence electrons. The third-order valence-corrected chi connectivity index (χ3v) is 2.36. The molecule has 0 aromatic carbocycles. The molecule has 0 unspecified atom stereocenters. The summed E-state index contributed by atoms with van der Waals surface area (Å²) in [4.78, 5) is 14.9. The summed E-state index contributed by atoms with van der Waals surface area (Å²) in [6.07, 6.45) is 1.65. The van der Waals surface area contributed by atoms with E-state index in [9.17, 15) is 4.79 Å². The molecule has 0 saturated heterocycles. The minimum absolute atomic E-state index is 0.445. The van der Waals surface area contributed by atoms with Gasteiger partial charge in [-0.1, -0.05) is 6.92 Å². The zero-order chi connectivity index (χ0) is 8.97. The number of pyridine rings is 1. The van der Waals surface area contributed by atoms with Gasteiger partial charge in [0.25, 0.3) is 5.24 Å². The number of carbonyl (C=O) groups excluding carboxylic acids is 1. The van der Waals surface area contributed by atoms with Crippen LogP contribution in [-0.4, -0.2) is 16.0 Å². The number of nitrogens with zero attached hydrogens (tertiary/aromatic N) is 1. The van der Waals surface area contributed by atoms with Crippen LogP contribution in [0.3, 0.4) is 0 Å². The molecule has 0 spiro atoms. The summed E-state index contributed by atoms with van der Waals surface area (Å²) >= 11 is 6.87. The van der Waals surface area contributed by atoms with Gasteiger partial charge in [0.15, 0.2) is 0 Å². The Morgan fingerprint density at radius 1 is 1.75 bits per heavy atom. The number of halogens is 1. The predicted octanol–water partition coefficient (Wildman–Crippen LogP) is 2.57. The highest BCUT2D eigenvalue weighted by atomic mass is 35.5. The summed E-state index contributed by atoms with van der Waals surface area (Å²) in [5, 5.41) is 0.263. The zero-order valence-corrected chi connectivity index (χ0v) is 8.15. The predicted molar refractivity (Wildman–Crippen MR) is 50.8 cm³/mol. The van der Waals surface area contributed by atoms with Gasteiger partial charge in [0.1, 0.15) is 5.03 Å². The van der Waals surface area contributed by atoms with E-state index < -0.39 is 5.24 Å². The number of thioether (sulfide) groups is 1. The van der Waals surface area contributed by atoms with E-state index in [-0.39, 0.29) is 0 Å². The van der Waals surface area contributed by atoms with Crippen LogP contribution in [0, 0.1) is 0 Å². The van der Waals surface area contributed by atoms with Gasteiger partial charge in [-0.3, -0.25) is 4.79 Å². The summed E-state index contributed by atoms with van der Waals surface area (Å²) in [6.45, 7) is 2.00.